The van der Waals surface area contributed by atoms with Gasteiger partial charge in [0.25, 0.3) is 30.4 Å². The summed E-state index contributed by atoms with van der Waals surface area (Å²) >= 11 is 0. The fourth-order valence-electron chi connectivity index (χ4n) is 4.33. The number of rotatable bonds is 7. The van der Waals surface area contributed by atoms with E-state index >= 15 is 0 Å². The van der Waals surface area contributed by atoms with Gasteiger partial charge < -0.3 is 11.1 Å². The smallest absolute Gasteiger partial charge is 0.295 e. The summed E-state index contributed by atoms with van der Waals surface area (Å²) in [6.45, 7) is 0. The van der Waals surface area contributed by atoms with Crippen LogP contribution in [0.2, 0.25) is 0 Å². The monoisotopic (exact) mass is 628 g/mol. The number of nitrogens with one attached hydrogen (secondary N) is 1. The molecule has 216 valence electrons. The average molecular weight is 629 g/mol. The largest absolute Gasteiger partial charge is 0.398 e. The van der Waals surface area contributed by atoms with Gasteiger partial charge in [-0.3, -0.25) is 13.7 Å². The van der Waals surface area contributed by atoms with Gasteiger partial charge in [-0.2, -0.15) is 25.3 Å². The second-order valence-electron chi connectivity index (χ2n) is 8.97. The van der Waals surface area contributed by atoms with Crippen molar-refractivity contribution in [3.63, 3.8) is 0 Å². The minimum Gasteiger partial charge on any atom is -0.398 e. The van der Waals surface area contributed by atoms with E-state index in [9.17, 15) is 38.9 Å². The number of hydrogen-bond donors (Lipinski definition) is 5. The van der Waals surface area contributed by atoms with Gasteiger partial charge in [-0.05, 0) is 66.7 Å². The van der Waals surface area contributed by atoms with Crippen LogP contribution in [0.1, 0.15) is 0 Å². The molecule has 0 heterocycles. The van der Waals surface area contributed by atoms with Crippen molar-refractivity contribution in [1.29, 1.82) is 0 Å². The molecule has 13 nitrogen and oxygen atoms in total. The SMILES string of the molecule is Nc1ccc(N=Nc2ccc(Nc3ccc(S(=O)(=O)O)cc3)c3ccc(S(=O)(=O)O)cc23)c2cccc(S(=O)(=O)O)c12. The van der Waals surface area contributed by atoms with Gasteiger partial charge in [-0.25, -0.2) is 0 Å². The summed E-state index contributed by atoms with van der Waals surface area (Å²) in [5, 5.41) is 12.6. The molecule has 0 unspecified atom stereocenters. The maximum absolute atomic E-state index is 11.9. The lowest BCUT2D eigenvalue weighted by molar-refractivity contribution is 0.481. The minimum absolute atomic E-state index is 0.0505. The van der Waals surface area contributed by atoms with E-state index in [1.807, 2.05) is 0 Å². The summed E-state index contributed by atoms with van der Waals surface area (Å²) in [6, 6.07) is 19.2. The van der Waals surface area contributed by atoms with Crippen LogP contribution in [0, 0.1) is 0 Å². The third-order valence-corrected chi connectivity index (χ3v) is 8.86. The molecule has 0 saturated carbocycles. The van der Waals surface area contributed by atoms with Gasteiger partial charge in [-0.1, -0.05) is 18.2 Å². The molecule has 0 spiro atoms. The fourth-order valence-corrected chi connectivity index (χ4v) is 6.05. The Morgan fingerprint density at radius 1 is 0.595 bits per heavy atom. The number of nitrogen functional groups attached to an aromatic ring is 1. The average Bonchev–Trinajstić information content (AvgIpc) is 2.92. The summed E-state index contributed by atoms with van der Waals surface area (Å²) in [5.41, 5.74) is 7.36. The van der Waals surface area contributed by atoms with Crippen molar-refractivity contribution in [2.24, 2.45) is 10.2 Å². The number of anilines is 3. The van der Waals surface area contributed by atoms with Gasteiger partial charge in [0, 0.05) is 38.6 Å². The predicted molar refractivity (Wildman–Crippen MR) is 156 cm³/mol. The van der Waals surface area contributed by atoms with Crippen molar-refractivity contribution in [2.75, 3.05) is 11.1 Å². The highest BCUT2D eigenvalue weighted by Crippen LogP contribution is 2.38. The Labute approximate surface area is 239 Å². The van der Waals surface area contributed by atoms with Crippen molar-refractivity contribution in [1.82, 2.24) is 0 Å². The Kier molecular flexibility index (Phi) is 7.22. The highest BCUT2D eigenvalue weighted by Gasteiger charge is 2.18. The van der Waals surface area contributed by atoms with Gasteiger partial charge in [-0.15, -0.1) is 10.2 Å². The summed E-state index contributed by atoms with van der Waals surface area (Å²) in [5.74, 6) is 0. The first-order valence-corrected chi connectivity index (χ1v) is 16.0. The second-order valence-corrected chi connectivity index (χ2v) is 13.2. The third-order valence-electron chi connectivity index (χ3n) is 6.25. The topological polar surface area (TPSA) is 226 Å². The molecule has 0 aliphatic heterocycles. The lowest BCUT2D eigenvalue weighted by Gasteiger charge is -2.13. The molecular formula is C26H20N4O9S3. The van der Waals surface area contributed by atoms with Crippen LogP contribution in [-0.2, 0) is 30.4 Å². The number of nitrogens with two attached hydrogens (primary N) is 1. The van der Waals surface area contributed by atoms with Crippen LogP contribution in [0.4, 0.5) is 28.4 Å². The first kappa shape index (κ1) is 29.1. The van der Waals surface area contributed by atoms with Crippen molar-refractivity contribution >= 4 is 80.3 Å². The highest BCUT2D eigenvalue weighted by molar-refractivity contribution is 7.86. The fraction of sp³-hybridized carbons (Fsp3) is 0. The van der Waals surface area contributed by atoms with E-state index in [4.69, 9.17) is 5.73 Å². The Morgan fingerprint density at radius 2 is 1.19 bits per heavy atom. The molecule has 5 rings (SSSR count). The molecule has 0 bridgehead atoms. The summed E-state index contributed by atoms with van der Waals surface area (Å²) in [6.07, 6.45) is 0. The molecule has 0 aliphatic carbocycles. The van der Waals surface area contributed by atoms with Gasteiger partial charge >= 0.3 is 0 Å². The summed E-state index contributed by atoms with van der Waals surface area (Å²) in [7, 11) is -13.6. The number of nitrogens with zero attached hydrogens (tertiary/aromatic N) is 2. The number of benzene rings is 5. The Morgan fingerprint density at radius 3 is 1.81 bits per heavy atom. The minimum atomic E-state index is -4.61. The van der Waals surface area contributed by atoms with Crippen LogP contribution in [0.5, 0.6) is 0 Å². The molecule has 6 N–H and O–H groups in total. The van der Waals surface area contributed by atoms with Crippen molar-refractivity contribution < 1.29 is 38.9 Å². The molecule has 0 atom stereocenters. The standard InChI is InChI=1S/C26H20N4O9S3/c27-21-10-11-23(19-2-1-3-25(26(19)21)42(37,38)39)29-30-24-13-12-22(18-9-8-17(14-20(18)24)41(34,35)36)28-15-4-6-16(7-5-15)40(31,32)33/h1-14,28H,27H2,(H,31,32,33)(H,34,35,36)(H,37,38,39). The predicted octanol–water partition coefficient (Wildman–Crippen LogP) is 5.47. The molecule has 5 aromatic carbocycles. The van der Waals surface area contributed by atoms with Gasteiger partial charge in [0.2, 0.25) is 0 Å². The van der Waals surface area contributed by atoms with Crippen LogP contribution in [-0.4, -0.2) is 38.9 Å². The zero-order chi connectivity index (χ0) is 30.4. The van der Waals surface area contributed by atoms with Crippen molar-refractivity contribution in [3.05, 3.63) is 84.9 Å². The molecule has 0 aromatic heterocycles. The number of azo groups is 1. The van der Waals surface area contributed by atoms with Crippen LogP contribution < -0.4 is 11.1 Å². The van der Waals surface area contributed by atoms with E-state index < -0.39 is 40.1 Å². The van der Waals surface area contributed by atoms with E-state index in [0.717, 1.165) is 0 Å². The molecule has 0 aliphatic rings. The highest BCUT2D eigenvalue weighted by atomic mass is 32.2. The number of hydrogen-bond acceptors (Lipinski definition) is 10. The molecule has 5 aromatic rings. The molecule has 0 saturated heterocycles. The van der Waals surface area contributed by atoms with Crippen LogP contribution in [0.3, 0.4) is 0 Å². The van der Waals surface area contributed by atoms with E-state index in [0.29, 0.717) is 16.8 Å². The van der Waals surface area contributed by atoms with Gasteiger partial charge in [0.1, 0.15) is 4.90 Å². The van der Waals surface area contributed by atoms with E-state index in [1.165, 1.54) is 72.8 Å². The quantitative estimate of drug-likeness (QED) is 0.0862. The molecule has 0 fully saturated rings. The molecule has 0 amide bonds. The zero-order valence-electron chi connectivity index (χ0n) is 21.1. The molecule has 0 radical (unpaired) electrons. The zero-order valence-corrected chi connectivity index (χ0v) is 23.5. The van der Waals surface area contributed by atoms with Crippen LogP contribution >= 0.6 is 0 Å². The summed E-state index contributed by atoms with van der Waals surface area (Å²) < 4.78 is 98.8. The maximum atomic E-state index is 11.9. The first-order valence-electron chi connectivity index (χ1n) is 11.7. The number of fused-ring (bicyclic) bond motifs is 2. The van der Waals surface area contributed by atoms with E-state index in [-0.39, 0.29) is 38.1 Å². The normalized spacial score (nSPS) is 12.7. The van der Waals surface area contributed by atoms with Crippen LogP contribution in [0.25, 0.3) is 21.5 Å². The molecular weight excluding hydrogens is 609 g/mol. The molecule has 16 heteroatoms. The lowest BCUT2D eigenvalue weighted by Crippen LogP contribution is -2.01. The van der Waals surface area contributed by atoms with E-state index in [1.54, 1.807) is 12.1 Å². The Balaban J connectivity index is 1.63. The Hall–Kier alpha value is -4.45. The lowest BCUT2D eigenvalue weighted by atomic mass is 10.1. The van der Waals surface area contributed by atoms with E-state index in [2.05, 4.69) is 15.5 Å². The summed E-state index contributed by atoms with van der Waals surface area (Å²) in [4.78, 5) is -1.11. The van der Waals surface area contributed by atoms with Gasteiger partial charge in [0.15, 0.2) is 0 Å². The van der Waals surface area contributed by atoms with Crippen LogP contribution in [0.15, 0.2) is 110 Å². The maximum Gasteiger partial charge on any atom is 0.295 e. The first-order chi connectivity index (χ1) is 19.6. The Bertz CT molecular complexity index is 2250. The second kappa shape index (κ2) is 10.4. The van der Waals surface area contributed by atoms with Crippen molar-refractivity contribution in [3.8, 4) is 0 Å². The molecule has 42 heavy (non-hydrogen) atoms. The third kappa shape index (κ3) is 5.80. The van der Waals surface area contributed by atoms with Crippen molar-refractivity contribution in [2.45, 2.75) is 14.7 Å². The van der Waals surface area contributed by atoms with Gasteiger partial charge in [0.05, 0.1) is 21.2 Å².